The molecule has 0 N–H and O–H groups in total. The van der Waals surface area contributed by atoms with E-state index >= 15 is 0 Å². The van der Waals surface area contributed by atoms with Crippen molar-refractivity contribution in [1.82, 2.24) is 4.90 Å². The molecule has 162 valence electrons. The van der Waals surface area contributed by atoms with Crippen molar-refractivity contribution >= 4 is 35.4 Å². The second-order valence-corrected chi connectivity index (χ2v) is 9.62. The Morgan fingerprint density at radius 2 is 1.86 bits per heavy atom. The Morgan fingerprint density at radius 1 is 1.11 bits per heavy atom. The van der Waals surface area contributed by atoms with Crippen LogP contribution in [0.2, 0.25) is 0 Å². The molecule has 6 heteroatoms. The topological polar surface area (TPSA) is 46.6 Å². The van der Waals surface area contributed by atoms with Crippen LogP contribution in [0.4, 0.5) is 0 Å². The van der Waals surface area contributed by atoms with Crippen molar-refractivity contribution in [2.75, 3.05) is 36.2 Å². The van der Waals surface area contributed by atoms with Crippen LogP contribution in [0.25, 0.3) is 0 Å². The van der Waals surface area contributed by atoms with Crippen LogP contribution < -0.4 is 0 Å². The molecule has 0 bridgehead atoms. The number of thioether (sulfide) groups is 2. The number of carbonyl (C=O) groups excluding carboxylic acids is 2. The third-order valence-corrected chi connectivity index (χ3v) is 6.86. The van der Waals surface area contributed by atoms with Crippen molar-refractivity contribution in [2.24, 2.45) is 0 Å². The predicted molar refractivity (Wildman–Crippen MR) is 123 cm³/mol. The van der Waals surface area contributed by atoms with Gasteiger partial charge >= 0.3 is 5.97 Å². The van der Waals surface area contributed by atoms with Crippen LogP contribution in [0.15, 0.2) is 12.2 Å². The molecule has 1 aliphatic rings. The molecule has 0 aromatic rings. The molecule has 28 heavy (non-hydrogen) atoms. The average Bonchev–Trinajstić information content (AvgIpc) is 3.03. The van der Waals surface area contributed by atoms with Gasteiger partial charge in [0.1, 0.15) is 0 Å². The lowest BCUT2D eigenvalue weighted by Crippen LogP contribution is -2.33. The normalized spacial score (nSPS) is 17.0. The largest absolute Gasteiger partial charge is 0.466 e. The zero-order valence-electron chi connectivity index (χ0n) is 17.8. The minimum absolute atomic E-state index is 0.0816. The second-order valence-electron chi connectivity index (χ2n) is 7.17. The van der Waals surface area contributed by atoms with Gasteiger partial charge in [-0.15, -0.1) is 0 Å². The highest BCUT2D eigenvalue weighted by molar-refractivity contribution is 7.99. The summed E-state index contributed by atoms with van der Waals surface area (Å²) < 4.78 is 5.16. The fourth-order valence-electron chi connectivity index (χ4n) is 2.99. The number of rotatable bonds is 17. The molecule has 1 atom stereocenters. The van der Waals surface area contributed by atoms with Crippen molar-refractivity contribution in [1.29, 1.82) is 0 Å². The second kappa shape index (κ2) is 17.3. The van der Waals surface area contributed by atoms with E-state index in [9.17, 15) is 9.59 Å². The first-order valence-corrected chi connectivity index (χ1v) is 13.3. The number of likely N-dealkylation sites (tertiary alicyclic amines) is 1. The first kappa shape index (κ1) is 25.4. The highest BCUT2D eigenvalue weighted by atomic mass is 32.2. The third kappa shape index (κ3) is 12.1. The lowest BCUT2D eigenvalue weighted by atomic mass is 10.2. The number of allylic oxidation sites excluding steroid dienone is 1. The number of amides is 1. The maximum absolute atomic E-state index is 12.1. The molecule has 1 heterocycles. The van der Waals surface area contributed by atoms with Gasteiger partial charge in [-0.25, -0.2) is 0 Å². The molecule has 0 aromatic carbocycles. The van der Waals surface area contributed by atoms with E-state index in [0.717, 1.165) is 50.2 Å². The van der Waals surface area contributed by atoms with Gasteiger partial charge in [-0.05, 0) is 49.4 Å². The predicted octanol–water partition coefficient (Wildman–Crippen LogP) is 5.31. The molecular formula is C22H39NO3S2. The lowest BCUT2D eigenvalue weighted by molar-refractivity contribution is -0.143. The van der Waals surface area contributed by atoms with Crippen LogP contribution in [0.1, 0.15) is 71.6 Å². The number of hydrogen-bond acceptors (Lipinski definition) is 5. The molecule has 1 aliphatic heterocycles. The summed E-state index contributed by atoms with van der Waals surface area (Å²) in [7, 11) is 0. The third-order valence-electron chi connectivity index (χ3n) is 4.71. The number of hydrogen-bond donors (Lipinski definition) is 0. The zero-order valence-corrected chi connectivity index (χ0v) is 19.5. The maximum atomic E-state index is 12.1. The standard InChI is InChI=1S/C22H39NO3S2/c1-3-5-15-26-22(25)11-9-18-28-19-14-23-20(12-13-21(23)24)10-7-8-17-27-16-6-4-2/h7,10,20H,3-6,8-9,11-19H2,1-2H3/b10-7+/t20-/m0/s1. The van der Waals surface area contributed by atoms with E-state index in [0.29, 0.717) is 19.4 Å². The van der Waals surface area contributed by atoms with Gasteiger partial charge < -0.3 is 9.64 Å². The Bertz CT molecular complexity index is 457. The Balaban J connectivity index is 2.11. The first-order valence-electron chi connectivity index (χ1n) is 11.0. The average molecular weight is 430 g/mol. The molecule has 0 radical (unpaired) electrons. The van der Waals surface area contributed by atoms with Crippen molar-refractivity contribution in [3.63, 3.8) is 0 Å². The number of carbonyl (C=O) groups is 2. The molecule has 0 saturated carbocycles. The fourth-order valence-corrected chi connectivity index (χ4v) is 4.86. The van der Waals surface area contributed by atoms with Crippen molar-refractivity contribution in [3.05, 3.63) is 12.2 Å². The number of esters is 1. The summed E-state index contributed by atoms with van der Waals surface area (Å²) in [5.74, 6) is 4.52. The van der Waals surface area contributed by atoms with Crippen molar-refractivity contribution in [3.8, 4) is 0 Å². The minimum Gasteiger partial charge on any atom is -0.466 e. The summed E-state index contributed by atoms with van der Waals surface area (Å²) in [6, 6.07) is 0.280. The molecule has 0 spiro atoms. The summed E-state index contributed by atoms with van der Waals surface area (Å²) in [4.78, 5) is 25.7. The van der Waals surface area contributed by atoms with Gasteiger partial charge in [0.2, 0.25) is 5.91 Å². The van der Waals surface area contributed by atoms with Gasteiger partial charge in [0, 0.05) is 25.1 Å². The van der Waals surface area contributed by atoms with Gasteiger partial charge in [-0.3, -0.25) is 9.59 Å². The van der Waals surface area contributed by atoms with Gasteiger partial charge in [-0.2, -0.15) is 23.5 Å². The fraction of sp³-hybridized carbons (Fsp3) is 0.818. The Hall–Kier alpha value is -0.620. The summed E-state index contributed by atoms with van der Waals surface area (Å²) in [5, 5.41) is 0. The molecule has 0 aliphatic carbocycles. The molecule has 4 nitrogen and oxygen atoms in total. The van der Waals surface area contributed by atoms with Crippen LogP contribution in [0, 0.1) is 0 Å². The quantitative estimate of drug-likeness (QED) is 0.178. The maximum Gasteiger partial charge on any atom is 0.305 e. The number of unbranched alkanes of at least 4 members (excludes halogenated alkanes) is 2. The van der Waals surface area contributed by atoms with E-state index in [-0.39, 0.29) is 17.9 Å². The van der Waals surface area contributed by atoms with E-state index < -0.39 is 0 Å². The summed E-state index contributed by atoms with van der Waals surface area (Å²) in [6.07, 6.45) is 13.1. The summed E-state index contributed by atoms with van der Waals surface area (Å²) >= 11 is 3.85. The SMILES string of the molecule is CCCCOC(=O)CCCSCCN1C(=O)CC[C@@H]1/C=C/CCSCCCC. The molecule has 1 rings (SSSR count). The van der Waals surface area contributed by atoms with Gasteiger partial charge in [0.15, 0.2) is 0 Å². The van der Waals surface area contributed by atoms with Crippen molar-refractivity contribution < 1.29 is 14.3 Å². The summed E-state index contributed by atoms with van der Waals surface area (Å²) in [6.45, 7) is 5.67. The number of nitrogens with zero attached hydrogens (tertiary/aromatic N) is 1. The monoisotopic (exact) mass is 429 g/mol. The van der Waals surface area contributed by atoms with E-state index in [1.807, 2.05) is 28.4 Å². The Morgan fingerprint density at radius 3 is 2.64 bits per heavy atom. The zero-order chi connectivity index (χ0) is 20.5. The van der Waals surface area contributed by atoms with Crippen LogP contribution in [-0.2, 0) is 14.3 Å². The van der Waals surface area contributed by atoms with E-state index in [4.69, 9.17) is 4.74 Å². The van der Waals surface area contributed by atoms with Crippen molar-refractivity contribution in [2.45, 2.75) is 77.7 Å². The number of ether oxygens (including phenoxy) is 1. The first-order chi connectivity index (χ1) is 13.7. The molecule has 1 amide bonds. The van der Waals surface area contributed by atoms with Crippen LogP contribution in [-0.4, -0.2) is 59.0 Å². The lowest BCUT2D eigenvalue weighted by Gasteiger charge is -2.22. The summed E-state index contributed by atoms with van der Waals surface area (Å²) in [5.41, 5.74) is 0. The van der Waals surface area contributed by atoms with E-state index in [2.05, 4.69) is 26.0 Å². The van der Waals surface area contributed by atoms with E-state index in [1.165, 1.54) is 24.3 Å². The van der Waals surface area contributed by atoms with Gasteiger partial charge in [0.05, 0.1) is 12.6 Å². The highest BCUT2D eigenvalue weighted by Crippen LogP contribution is 2.21. The van der Waals surface area contributed by atoms with Crippen LogP contribution in [0.3, 0.4) is 0 Å². The minimum atomic E-state index is -0.0816. The molecular weight excluding hydrogens is 390 g/mol. The van der Waals surface area contributed by atoms with Crippen LogP contribution >= 0.6 is 23.5 Å². The van der Waals surface area contributed by atoms with Gasteiger partial charge in [0.25, 0.3) is 0 Å². The van der Waals surface area contributed by atoms with Crippen LogP contribution in [0.5, 0.6) is 0 Å². The Labute approximate surface area is 180 Å². The Kier molecular flexibility index (Phi) is 15.7. The van der Waals surface area contributed by atoms with Gasteiger partial charge in [-0.1, -0.05) is 38.8 Å². The molecule has 0 aromatic heterocycles. The molecule has 1 saturated heterocycles. The molecule has 1 fully saturated rings. The van der Waals surface area contributed by atoms with E-state index in [1.54, 1.807) is 0 Å². The smallest absolute Gasteiger partial charge is 0.305 e. The highest BCUT2D eigenvalue weighted by Gasteiger charge is 2.28. The molecule has 0 unspecified atom stereocenters.